The average molecular weight is 524 g/mol. The summed E-state index contributed by atoms with van der Waals surface area (Å²) in [6.07, 6.45) is 7.42. The molecule has 164 valence electrons. The molecule has 0 spiro atoms. The molecule has 0 rings (SSSR count). The molecule has 30 heavy (non-hydrogen) atoms. The topological polar surface area (TPSA) is 52.6 Å². The Labute approximate surface area is 195 Å². The van der Waals surface area contributed by atoms with Crippen molar-refractivity contribution in [2.75, 3.05) is 13.2 Å². The van der Waals surface area contributed by atoms with Crippen LogP contribution in [0.4, 0.5) is 0 Å². The van der Waals surface area contributed by atoms with Crippen LogP contribution in [0.5, 0.6) is 0 Å². The minimum Gasteiger partial charge on any atom is -0.465 e. The molecule has 0 N–H and O–H groups in total. The number of carbonyl (C=O) groups is 2. The maximum Gasteiger partial charge on any atom is 0.324 e. The van der Waals surface area contributed by atoms with Gasteiger partial charge in [0.1, 0.15) is 0 Å². The number of rotatable bonds is 12. The standard InChI is InChI=1S/C25H33IO4/c1-6-9-10-11-14-17-22(26)18-20-25(23(27)29-7-2,24(28)30-8-3)19-15-12-13-16-21(4)5/h6,18H,1,4,7-9,13-14,16-17,19-20H2,2-3,5H3/b22-18-. The van der Waals surface area contributed by atoms with Gasteiger partial charge in [-0.1, -0.05) is 23.6 Å². The first-order chi connectivity index (χ1) is 14.3. The van der Waals surface area contributed by atoms with Gasteiger partial charge < -0.3 is 9.47 Å². The van der Waals surface area contributed by atoms with Gasteiger partial charge in [0, 0.05) is 25.7 Å². The molecule has 0 fully saturated rings. The summed E-state index contributed by atoms with van der Waals surface area (Å²) >= 11 is 2.21. The van der Waals surface area contributed by atoms with Gasteiger partial charge in [-0.3, -0.25) is 9.59 Å². The van der Waals surface area contributed by atoms with Crippen LogP contribution in [0.1, 0.15) is 65.7 Å². The van der Waals surface area contributed by atoms with Gasteiger partial charge in [-0.15, -0.1) is 30.9 Å². The number of allylic oxidation sites excluding steroid dienone is 4. The molecule has 0 aromatic rings. The van der Waals surface area contributed by atoms with Gasteiger partial charge in [0.15, 0.2) is 5.41 Å². The summed E-state index contributed by atoms with van der Waals surface area (Å²) in [5.41, 5.74) is -0.423. The zero-order valence-corrected chi connectivity index (χ0v) is 20.6. The zero-order valence-electron chi connectivity index (χ0n) is 18.4. The Hall–Kier alpha value is -1.99. The van der Waals surface area contributed by atoms with Crippen LogP contribution in [0, 0.1) is 29.1 Å². The van der Waals surface area contributed by atoms with Gasteiger partial charge in [0.2, 0.25) is 0 Å². The smallest absolute Gasteiger partial charge is 0.324 e. The molecular formula is C25H33IO4. The Kier molecular flexibility index (Phi) is 15.7. The molecule has 0 aliphatic rings. The number of esters is 2. The molecule has 0 heterocycles. The minimum atomic E-state index is -1.47. The number of halogens is 1. The maximum atomic E-state index is 12.8. The van der Waals surface area contributed by atoms with Crippen LogP contribution in [0.25, 0.3) is 0 Å². The van der Waals surface area contributed by atoms with E-state index in [2.05, 4.69) is 59.4 Å². The molecule has 0 amide bonds. The molecule has 0 unspecified atom stereocenters. The summed E-state index contributed by atoms with van der Waals surface area (Å²) < 4.78 is 11.5. The van der Waals surface area contributed by atoms with Gasteiger partial charge in [0.25, 0.3) is 0 Å². The van der Waals surface area contributed by atoms with E-state index in [1.807, 2.05) is 13.0 Å². The van der Waals surface area contributed by atoms with Crippen molar-refractivity contribution in [3.8, 4) is 23.7 Å². The average Bonchev–Trinajstić information content (AvgIpc) is 2.70. The molecule has 0 bridgehead atoms. The highest BCUT2D eigenvalue weighted by atomic mass is 127. The SMILES string of the molecule is C=CCC#CCC/C(I)=C/CC(CC#CCCC(=C)C)(C(=O)OCC)C(=O)OCC. The summed E-state index contributed by atoms with van der Waals surface area (Å²) in [5.74, 6) is 10.9. The number of ether oxygens (including phenoxy) is 2. The molecular weight excluding hydrogens is 491 g/mol. The molecule has 4 nitrogen and oxygen atoms in total. The third-order valence-corrected chi connectivity index (χ3v) is 5.04. The van der Waals surface area contributed by atoms with E-state index in [1.54, 1.807) is 19.9 Å². The highest BCUT2D eigenvalue weighted by Gasteiger charge is 2.47. The van der Waals surface area contributed by atoms with Crippen molar-refractivity contribution in [2.24, 2.45) is 5.41 Å². The van der Waals surface area contributed by atoms with Gasteiger partial charge in [-0.2, -0.15) is 0 Å². The Morgan fingerprint density at radius 3 is 2.10 bits per heavy atom. The molecule has 0 radical (unpaired) electrons. The van der Waals surface area contributed by atoms with Gasteiger partial charge in [0.05, 0.1) is 13.2 Å². The molecule has 0 saturated heterocycles. The Morgan fingerprint density at radius 1 is 1.00 bits per heavy atom. The van der Waals surface area contributed by atoms with Gasteiger partial charge in [-0.05, 0) is 66.2 Å². The van der Waals surface area contributed by atoms with E-state index in [0.717, 1.165) is 22.0 Å². The van der Waals surface area contributed by atoms with Crippen LogP contribution >= 0.6 is 22.6 Å². The summed E-state index contributed by atoms with van der Waals surface area (Å²) in [7, 11) is 0. The third kappa shape index (κ3) is 11.3. The third-order valence-electron chi connectivity index (χ3n) is 4.06. The summed E-state index contributed by atoms with van der Waals surface area (Å²) in [4.78, 5) is 25.7. The maximum absolute atomic E-state index is 12.8. The molecule has 0 atom stereocenters. The normalized spacial score (nSPS) is 10.7. The fourth-order valence-corrected chi connectivity index (χ4v) is 2.87. The molecule has 0 aliphatic heterocycles. The van der Waals surface area contributed by atoms with Crippen LogP contribution in [-0.2, 0) is 19.1 Å². The Bertz CT molecular complexity index is 723. The van der Waals surface area contributed by atoms with Crippen molar-refractivity contribution in [3.63, 3.8) is 0 Å². The number of hydrogen-bond donors (Lipinski definition) is 0. The minimum absolute atomic E-state index is 0.0560. The largest absolute Gasteiger partial charge is 0.465 e. The lowest BCUT2D eigenvalue weighted by atomic mass is 9.80. The quantitative estimate of drug-likeness (QED) is 0.105. The van der Waals surface area contributed by atoms with E-state index in [9.17, 15) is 9.59 Å². The van der Waals surface area contributed by atoms with Crippen molar-refractivity contribution in [2.45, 2.75) is 65.7 Å². The van der Waals surface area contributed by atoms with Gasteiger partial charge in [-0.25, -0.2) is 0 Å². The van der Waals surface area contributed by atoms with Crippen LogP contribution < -0.4 is 0 Å². The second kappa shape index (κ2) is 16.8. The summed E-state index contributed by atoms with van der Waals surface area (Å²) in [5, 5.41) is 0. The first-order valence-electron chi connectivity index (χ1n) is 10.2. The Balaban J connectivity index is 5.58. The fourth-order valence-electron chi connectivity index (χ4n) is 2.38. The highest BCUT2D eigenvalue weighted by molar-refractivity contribution is 14.1. The molecule has 0 saturated carbocycles. The molecule has 0 aliphatic carbocycles. The van der Waals surface area contributed by atoms with Crippen molar-refractivity contribution in [1.29, 1.82) is 0 Å². The van der Waals surface area contributed by atoms with Crippen LogP contribution in [0.15, 0.2) is 34.5 Å². The van der Waals surface area contributed by atoms with Crippen molar-refractivity contribution in [1.82, 2.24) is 0 Å². The second-order valence-corrected chi connectivity index (χ2v) is 8.10. The van der Waals surface area contributed by atoms with Gasteiger partial charge >= 0.3 is 11.9 Å². The molecule has 0 aromatic heterocycles. The fraction of sp³-hybridized carbons (Fsp3) is 0.520. The predicted molar refractivity (Wildman–Crippen MR) is 131 cm³/mol. The van der Waals surface area contributed by atoms with Crippen molar-refractivity contribution >= 4 is 34.5 Å². The summed E-state index contributed by atoms with van der Waals surface area (Å²) in [6.45, 7) is 13.2. The summed E-state index contributed by atoms with van der Waals surface area (Å²) in [6, 6.07) is 0. The van der Waals surface area contributed by atoms with E-state index in [-0.39, 0.29) is 26.1 Å². The highest BCUT2D eigenvalue weighted by Crippen LogP contribution is 2.33. The van der Waals surface area contributed by atoms with Crippen LogP contribution in [0.3, 0.4) is 0 Å². The van der Waals surface area contributed by atoms with E-state index in [0.29, 0.717) is 19.3 Å². The van der Waals surface area contributed by atoms with E-state index in [4.69, 9.17) is 9.47 Å². The predicted octanol–water partition coefficient (Wildman–Crippen LogP) is 5.92. The van der Waals surface area contributed by atoms with Crippen molar-refractivity contribution < 1.29 is 19.1 Å². The van der Waals surface area contributed by atoms with Crippen LogP contribution in [0.2, 0.25) is 0 Å². The lowest BCUT2D eigenvalue weighted by Crippen LogP contribution is -2.41. The van der Waals surface area contributed by atoms with Crippen molar-refractivity contribution in [3.05, 3.63) is 34.5 Å². The lowest BCUT2D eigenvalue weighted by molar-refractivity contribution is -0.171. The van der Waals surface area contributed by atoms with E-state index in [1.165, 1.54) is 0 Å². The molecule has 5 heteroatoms. The number of hydrogen-bond acceptors (Lipinski definition) is 4. The zero-order chi connectivity index (χ0) is 22.8. The van der Waals surface area contributed by atoms with E-state index >= 15 is 0 Å². The lowest BCUT2D eigenvalue weighted by Gasteiger charge is -2.26. The van der Waals surface area contributed by atoms with Crippen LogP contribution in [-0.4, -0.2) is 25.2 Å². The molecule has 0 aromatic carbocycles. The Morgan fingerprint density at radius 2 is 1.57 bits per heavy atom. The second-order valence-electron chi connectivity index (χ2n) is 6.71. The van der Waals surface area contributed by atoms with E-state index < -0.39 is 17.4 Å². The monoisotopic (exact) mass is 524 g/mol. The first-order valence-corrected chi connectivity index (χ1v) is 11.3. The first kappa shape index (κ1) is 28.0. The number of carbonyl (C=O) groups excluding carboxylic acids is 2.